The van der Waals surface area contributed by atoms with Gasteiger partial charge in [0.2, 0.25) is 0 Å². The van der Waals surface area contributed by atoms with E-state index in [9.17, 15) is 0 Å². The molecule has 0 unspecified atom stereocenters. The van der Waals surface area contributed by atoms with Crippen LogP contribution in [0.25, 0.3) is 0 Å². The van der Waals surface area contributed by atoms with Gasteiger partial charge in [0.25, 0.3) is 0 Å². The lowest BCUT2D eigenvalue weighted by molar-refractivity contribution is 0.318. The predicted octanol–water partition coefficient (Wildman–Crippen LogP) is 2.89. The molecule has 0 heterocycles. The molecular weight excluding hydrogens is 256 g/mol. The van der Waals surface area contributed by atoms with Crippen LogP contribution in [0.5, 0.6) is 17.2 Å². The lowest BCUT2D eigenvalue weighted by Gasteiger charge is -2.15. The summed E-state index contributed by atoms with van der Waals surface area (Å²) in [6.07, 6.45) is 0. The number of para-hydroxylation sites is 3. The first kappa shape index (κ1) is 13.7. The van der Waals surface area contributed by atoms with Crippen LogP contribution in [0.15, 0.2) is 47.6 Å². The molecule has 104 valence electrons. The summed E-state index contributed by atoms with van der Waals surface area (Å²) in [6.45, 7) is 1.89. The molecule has 0 atom stereocenters. The summed E-state index contributed by atoms with van der Waals surface area (Å²) in [7, 11) is 1.57. The molecule has 3 N–H and O–H groups in total. The van der Waals surface area contributed by atoms with Crippen LogP contribution in [0, 0.1) is 6.92 Å². The minimum atomic E-state index is -0.00130. The SMILES string of the molecule is COc1ccccc1Oc1c(C)cccc1/C(N)=N/O. The smallest absolute Gasteiger partial charge is 0.173 e. The van der Waals surface area contributed by atoms with Crippen LogP contribution in [-0.2, 0) is 0 Å². The highest BCUT2D eigenvalue weighted by atomic mass is 16.5. The topological polar surface area (TPSA) is 77.1 Å². The van der Waals surface area contributed by atoms with Gasteiger partial charge in [0.05, 0.1) is 12.7 Å². The van der Waals surface area contributed by atoms with Gasteiger partial charge in [-0.3, -0.25) is 0 Å². The Kier molecular flexibility index (Phi) is 4.10. The predicted molar refractivity (Wildman–Crippen MR) is 76.8 cm³/mol. The molecule has 0 radical (unpaired) electrons. The number of nitrogens with zero attached hydrogens (tertiary/aromatic N) is 1. The molecule has 0 spiro atoms. The second kappa shape index (κ2) is 5.97. The lowest BCUT2D eigenvalue weighted by Crippen LogP contribution is -2.14. The van der Waals surface area contributed by atoms with E-state index in [-0.39, 0.29) is 5.84 Å². The van der Waals surface area contributed by atoms with E-state index in [0.717, 1.165) is 5.56 Å². The number of nitrogens with two attached hydrogens (primary N) is 1. The van der Waals surface area contributed by atoms with E-state index in [2.05, 4.69) is 5.16 Å². The Bertz CT molecular complexity index is 639. The first-order chi connectivity index (χ1) is 9.67. The summed E-state index contributed by atoms with van der Waals surface area (Å²) in [5, 5.41) is 11.9. The number of oxime groups is 1. The van der Waals surface area contributed by atoms with Crippen LogP contribution in [-0.4, -0.2) is 18.2 Å². The van der Waals surface area contributed by atoms with Gasteiger partial charge in [-0.05, 0) is 30.7 Å². The van der Waals surface area contributed by atoms with E-state index >= 15 is 0 Å². The van der Waals surface area contributed by atoms with Gasteiger partial charge < -0.3 is 20.4 Å². The molecule has 0 bridgehead atoms. The molecule has 5 heteroatoms. The Hall–Kier alpha value is -2.69. The van der Waals surface area contributed by atoms with Crippen LogP contribution < -0.4 is 15.2 Å². The summed E-state index contributed by atoms with van der Waals surface area (Å²) in [5.41, 5.74) is 7.08. The minimum absolute atomic E-state index is 0.00130. The Balaban J connectivity index is 2.48. The molecule has 2 aromatic carbocycles. The van der Waals surface area contributed by atoms with Gasteiger partial charge in [0.15, 0.2) is 17.3 Å². The fourth-order valence-electron chi connectivity index (χ4n) is 1.86. The highest BCUT2D eigenvalue weighted by molar-refractivity contribution is 6.00. The quantitative estimate of drug-likeness (QED) is 0.388. The minimum Gasteiger partial charge on any atom is -0.493 e. The van der Waals surface area contributed by atoms with Crippen LogP contribution in [0.2, 0.25) is 0 Å². The van der Waals surface area contributed by atoms with E-state index in [1.807, 2.05) is 31.2 Å². The number of amidine groups is 1. The highest BCUT2D eigenvalue weighted by Gasteiger charge is 2.13. The zero-order valence-electron chi connectivity index (χ0n) is 11.3. The molecule has 2 rings (SSSR count). The molecule has 0 saturated heterocycles. The van der Waals surface area contributed by atoms with E-state index in [4.69, 9.17) is 20.4 Å². The second-order valence-corrected chi connectivity index (χ2v) is 4.19. The first-order valence-corrected chi connectivity index (χ1v) is 6.05. The second-order valence-electron chi connectivity index (χ2n) is 4.19. The standard InChI is InChI=1S/C15H16N2O3/c1-10-6-5-7-11(15(16)17-18)14(10)20-13-9-4-3-8-12(13)19-2/h3-9,18H,1-2H3,(H2,16,17). The van der Waals surface area contributed by atoms with E-state index in [1.165, 1.54) is 0 Å². The zero-order valence-corrected chi connectivity index (χ0v) is 11.3. The largest absolute Gasteiger partial charge is 0.493 e. The van der Waals surface area contributed by atoms with Crippen molar-refractivity contribution in [2.24, 2.45) is 10.9 Å². The average Bonchev–Trinajstić information content (AvgIpc) is 2.49. The van der Waals surface area contributed by atoms with Gasteiger partial charge in [-0.25, -0.2) is 0 Å². The van der Waals surface area contributed by atoms with Crippen molar-refractivity contribution in [2.75, 3.05) is 7.11 Å². The van der Waals surface area contributed by atoms with Gasteiger partial charge in [-0.2, -0.15) is 0 Å². The molecule has 20 heavy (non-hydrogen) atoms. The van der Waals surface area contributed by atoms with Crippen molar-refractivity contribution in [1.82, 2.24) is 0 Å². The number of rotatable bonds is 4. The highest BCUT2D eigenvalue weighted by Crippen LogP contribution is 2.34. The Morgan fingerprint density at radius 3 is 2.45 bits per heavy atom. The van der Waals surface area contributed by atoms with Gasteiger partial charge in [-0.1, -0.05) is 29.4 Å². The molecule has 0 fully saturated rings. The van der Waals surface area contributed by atoms with Crippen molar-refractivity contribution < 1.29 is 14.7 Å². The lowest BCUT2D eigenvalue weighted by atomic mass is 10.1. The van der Waals surface area contributed by atoms with E-state index in [0.29, 0.717) is 22.8 Å². The van der Waals surface area contributed by atoms with Gasteiger partial charge in [0.1, 0.15) is 5.75 Å². The number of methoxy groups -OCH3 is 1. The summed E-state index contributed by atoms with van der Waals surface area (Å²) in [6, 6.07) is 12.7. The molecule has 0 aliphatic heterocycles. The maximum atomic E-state index is 8.85. The molecule has 0 saturated carbocycles. The van der Waals surface area contributed by atoms with Gasteiger partial charge in [0, 0.05) is 0 Å². The summed E-state index contributed by atoms with van der Waals surface area (Å²) in [5.74, 6) is 1.71. The number of benzene rings is 2. The summed E-state index contributed by atoms with van der Waals surface area (Å²) >= 11 is 0. The van der Waals surface area contributed by atoms with Crippen molar-refractivity contribution in [3.8, 4) is 17.2 Å². The molecule has 0 aromatic heterocycles. The number of aryl methyl sites for hydroxylation is 1. The molecule has 5 nitrogen and oxygen atoms in total. The Labute approximate surface area is 117 Å². The average molecular weight is 272 g/mol. The van der Waals surface area contributed by atoms with E-state index in [1.54, 1.807) is 25.3 Å². The van der Waals surface area contributed by atoms with Crippen molar-refractivity contribution >= 4 is 5.84 Å². The molecule has 0 amide bonds. The van der Waals surface area contributed by atoms with E-state index < -0.39 is 0 Å². The Morgan fingerprint density at radius 1 is 1.10 bits per heavy atom. The summed E-state index contributed by atoms with van der Waals surface area (Å²) in [4.78, 5) is 0. The Morgan fingerprint density at radius 2 is 1.80 bits per heavy atom. The normalized spacial score (nSPS) is 11.2. The van der Waals surface area contributed by atoms with Gasteiger partial charge >= 0.3 is 0 Å². The molecule has 0 aliphatic carbocycles. The fourth-order valence-corrected chi connectivity index (χ4v) is 1.86. The third kappa shape index (κ3) is 2.66. The molecule has 2 aromatic rings. The third-order valence-corrected chi connectivity index (χ3v) is 2.88. The van der Waals surface area contributed by atoms with Crippen LogP contribution in [0.4, 0.5) is 0 Å². The summed E-state index contributed by atoms with van der Waals surface area (Å²) < 4.78 is 11.1. The zero-order chi connectivity index (χ0) is 14.5. The van der Waals surface area contributed by atoms with Crippen molar-refractivity contribution in [3.05, 3.63) is 53.6 Å². The van der Waals surface area contributed by atoms with Crippen molar-refractivity contribution in [1.29, 1.82) is 0 Å². The monoisotopic (exact) mass is 272 g/mol. The molecular formula is C15H16N2O3. The number of ether oxygens (including phenoxy) is 2. The maximum Gasteiger partial charge on any atom is 0.173 e. The molecule has 0 aliphatic rings. The number of hydrogen-bond donors (Lipinski definition) is 2. The van der Waals surface area contributed by atoms with Gasteiger partial charge in [-0.15, -0.1) is 0 Å². The fraction of sp³-hybridized carbons (Fsp3) is 0.133. The maximum absolute atomic E-state index is 8.85. The van der Waals surface area contributed by atoms with Crippen LogP contribution >= 0.6 is 0 Å². The van der Waals surface area contributed by atoms with Crippen LogP contribution in [0.1, 0.15) is 11.1 Å². The van der Waals surface area contributed by atoms with Crippen molar-refractivity contribution in [2.45, 2.75) is 6.92 Å². The number of hydrogen-bond acceptors (Lipinski definition) is 4. The van der Waals surface area contributed by atoms with Crippen LogP contribution in [0.3, 0.4) is 0 Å². The first-order valence-electron chi connectivity index (χ1n) is 6.05. The third-order valence-electron chi connectivity index (χ3n) is 2.88. The van der Waals surface area contributed by atoms with Crippen molar-refractivity contribution in [3.63, 3.8) is 0 Å².